The first kappa shape index (κ1) is 53.5. The maximum absolute atomic E-state index is 13.2. The molecule has 3 aliphatic rings. The SMILES string of the molecule is CC(C)OCC(CCCOCCSSCCCNCCOc1ccc2c(c1)CCC1C2CCC2(C)C(OCCCOC(C(F)(F)F)(C(F)(F)F)C(F)(F)F)CCC12)COC(C)C. The summed E-state index contributed by atoms with van der Waals surface area (Å²) < 4.78 is 152. The third-order valence-electron chi connectivity index (χ3n) is 12.5. The van der Waals surface area contributed by atoms with Gasteiger partial charge in [-0.25, -0.2) is 0 Å². The Hall–Kier alpha value is -1.15. The van der Waals surface area contributed by atoms with Crippen LogP contribution in [0.4, 0.5) is 39.5 Å². The quantitative estimate of drug-likeness (QED) is 0.0503. The molecule has 0 spiro atoms. The van der Waals surface area contributed by atoms with Gasteiger partial charge in [0.1, 0.15) is 12.4 Å². The fourth-order valence-electron chi connectivity index (χ4n) is 9.39. The van der Waals surface area contributed by atoms with Crippen molar-refractivity contribution in [2.45, 2.75) is 147 Å². The zero-order valence-corrected chi connectivity index (χ0v) is 38.4. The molecule has 62 heavy (non-hydrogen) atoms. The molecular formula is C44H68F9NO6S2. The molecule has 1 aromatic carbocycles. The number of hydrogen-bond acceptors (Lipinski definition) is 9. The lowest BCUT2D eigenvalue weighted by Gasteiger charge is -2.50. The zero-order valence-electron chi connectivity index (χ0n) is 36.8. The van der Waals surface area contributed by atoms with Crippen LogP contribution in [0.1, 0.15) is 109 Å². The number of fused-ring (bicyclic) bond motifs is 5. The molecule has 2 saturated carbocycles. The Morgan fingerprint density at radius 2 is 1.42 bits per heavy atom. The van der Waals surface area contributed by atoms with Gasteiger partial charge in [0.2, 0.25) is 0 Å². The van der Waals surface area contributed by atoms with Crippen molar-refractivity contribution in [2.24, 2.45) is 23.2 Å². The maximum Gasteiger partial charge on any atom is 0.435 e. The van der Waals surface area contributed by atoms with Crippen LogP contribution in [0.25, 0.3) is 0 Å². The second-order valence-corrected chi connectivity index (χ2v) is 20.3. The maximum atomic E-state index is 13.2. The molecule has 1 N–H and O–H groups in total. The molecule has 0 amide bonds. The van der Waals surface area contributed by atoms with Crippen molar-refractivity contribution in [3.63, 3.8) is 0 Å². The highest BCUT2D eigenvalue weighted by Crippen LogP contribution is 2.62. The molecule has 5 atom stereocenters. The predicted molar refractivity (Wildman–Crippen MR) is 226 cm³/mol. The van der Waals surface area contributed by atoms with Crippen LogP contribution in [0.2, 0.25) is 0 Å². The molecule has 18 heteroatoms. The van der Waals surface area contributed by atoms with Crippen LogP contribution in [0, 0.1) is 23.2 Å². The van der Waals surface area contributed by atoms with Gasteiger partial charge in [-0.05, 0) is 145 Å². The van der Waals surface area contributed by atoms with Crippen LogP contribution in [0.15, 0.2) is 18.2 Å². The molecule has 1 aromatic rings. The van der Waals surface area contributed by atoms with E-state index in [1.54, 1.807) is 0 Å². The van der Waals surface area contributed by atoms with Crippen LogP contribution in [-0.4, -0.2) is 113 Å². The lowest BCUT2D eigenvalue weighted by Crippen LogP contribution is -2.67. The molecule has 0 aliphatic heterocycles. The summed E-state index contributed by atoms with van der Waals surface area (Å²) in [6, 6.07) is 6.35. The van der Waals surface area contributed by atoms with Gasteiger partial charge in [-0.3, -0.25) is 0 Å². The van der Waals surface area contributed by atoms with E-state index in [0.29, 0.717) is 36.7 Å². The summed E-state index contributed by atoms with van der Waals surface area (Å²) in [5.74, 6) is 4.30. The summed E-state index contributed by atoms with van der Waals surface area (Å²) in [6.07, 6.45) is -12.4. The number of rotatable bonds is 28. The van der Waals surface area contributed by atoms with E-state index in [0.717, 1.165) is 108 Å². The Balaban J connectivity index is 1.07. The largest absolute Gasteiger partial charge is 0.492 e. The topological polar surface area (TPSA) is 67.4 Å². The minimum Gasteiger partial charge on any atom is -0.492 e. The highest BCUT2D eigenvalue weighted by molar-refractivity contribution is 8.76. The van der Waals surface area contributed by atoms with Gasteiger partial charge in [-0.1, -0.05) is 34.6 Å². The molecule has 0 aromatic heterocycles. The van der Waals surface area contributed by atoms with E-state index in [9.17, 15) is 39.5 Å². The Kier molecular flexibility index (Phi) is 21.2. The van der Waals surface area contributed by atoms with Gasteiger partial charge >= 0.3 is 24.1 Å². The van der Waals surface area contributed by atoms with Crippen molar-refractivity contribution in [1.82, 2.24) is 5.32 Å². The van der Waals surface area contributed by atoms with E-state index in [1.807, 2.05) is 27.7 Å². The highest BCUT2D eigenvalue weighted by Gasteiger charge is 2.85. The van der Waals surface area contributed by atoms with Gasteiger partial charge in [-0.15, -0.1) is 0 Å². The molecule has 7 nitrogen and oxygen atoms in total. The van der Waals surface area contributed by atoms with E-state index in [-0.39, 0.29) is 30.3 Å². The second kappa shape index (κ2) is 24.6. The minimum absolute atomic E-state index is 0.218. The molecule has 0 radical (unpaired) electrons. The normalized spacial score (nSPS) is 23.3. The summed E-state index contributed by atoms with van der Waals surface area (Å²) in [6.45, 7) is 13.7. The van der Waals surface area contributed by atoms with Gasteiger partial charge < -0.3 is 33.7 Å². The highest BCUT2D eigenvalue weighted by atomic mass is 33.1. The van der Waals surface area contributed by atoms with Crippen molar-refractivity contribution in [3.8, 4) is 5.75 Å². The summed E-state index contributed by atoms with van der Waals surface area (Å²) in [4.78, 5) is 0. The molecule has 5 unspecified atom stereocenters. The van der Waals surface area contributed by atoms with Crippen LogP contribution >= 0.6 is 21.6 Å². The Morgan fingerprint density at radius 1 is 0.742 bits per heavy atom. The van der Waals surface area contributed by atoms with Gasteiger partial charge in [0.05, 0.1) is 44.7 Å². The van der Waals surface area contributed by atoms with Crippen LogP contribution in [0.3, 0.4) is 0 Å². The molecule has 2 fully saturated rings. The van der Waals surface area contributed by atoms with Gasteiger partial charge in [-0.2, -0.15) is 39.5 Å². The summed E-state index contributed by atoms with van der Waals surface area (Å²) in [5, 5.41) is 3.46. The van der Waals surface area contributed by atoms with Crippen molar-refractivity contribution >= 4 is 21.6 Å². The van der Waals surface area contributed by atoms with Crippen LogP contribution in [-0.2, 0) is 30.1 Å². The van der Waals surface area contributed by atoms with Crippen molar-refractivity contribution in [3.05, 3.63) is 29.3 Å². The number of nitrogens with one attached hydrogen (secondary N) is 1. The van der Waals surface area contributed by atoms with Crippen molar-refractivity contribution in [1.29, 1.82) is 0 Å². The summed E-state index contributed by atoms with van der Waals surface area (Å²) >= 11 is 0. The molecule has 0 heterocycles. The molecule has 3 aliphatic carbocycles. The fraction of sp³-hybridized carbons (Fsp3) is 0.864. The average molecular weight is 942 g/mol. The Labute approximate surface area is 370 Å². The number of hydrogen-bond donors (Lipinski definition) is 1. The smallest absolute Gasteiger partial charge is 0.435 e. The first-order valence-corrected chi connectivity index (χ1v) is 24.7. The van der Waals surface area contributed by atoms with Gasteiger partial charge in [0, 0.05) is 37.2 Å². The van der Waals surface area contributed by atoms with Crippen molar-refractivity contribution in [2.75, 3.05) is 70.8 Å². The van der Waals surface area contributed by atoms with E-state index >= 15 is 0 Å². The third-order valence-corrected chi connectivity index (χ3v) is 14.9. The Bertz CT molecular complexity index is 1400. The van der Waals surface area contributed by atoms with E-state index in [4.69, 9.17) is 23.7 Å². The number of benzene rings is 1. The number of aryl methyl sites for hydroxylation is 1. The number of ether oxygens (including phenoxy) is 6. The van der Waals surface area contributed by atoms with Crippen LogP contribution < -0.4 is 10.1 Å². The second-order valence-electron chi connectivity index (χ2n) is 17.6. The molecule has 0 bridgehead atoms. The zero-order chi connectivity index (χ0) is 45.6. The fourth-order valence-corrected chi connectivity index (χ4v) is 11.3. The molecule has 0 saturated heterocycles. The van der Waals surface area contributed by atoms with Crippen LogP contribution in [0.5, 0.6) is 5.75 Å². The van der Waals surface area contributed by atoms with E-state index in [2.05, 4.69) is 56.8 Å². The van der Waals surface area contributed by atoms with Gasteiger partial charge in [0.15, 0.2) is 0 Å². The predicted octanol–water partition coefficient (Wildman–Crippen LogP) is 11.8. The summed E-state index contributed by atoms with van der Waals surface area (Å²) in [7, 11) is 3.71. The molecular weight excluding hydrogens is 874 g/mol. The number of halogens is 9. The first-order chi connectivity index (χ1) is 29.2. The average Bonchev–Trinajstić information content (AvgIpc) is 3.52. The minimum atomic E-state index is -6.74. The first-order valence-electron chi connectivity index (χ1n) is 22.2. The molecule has 360 valence electrons. The standard InChI is InChI=1S/C44H68F9NO6S2/c1-30(2)58-28-32(29-59-31(3)4)9-6-20-55-24-26-62-61-25-7-18-54-19-23-56-34-11-13-35-33(27-34)10-12-37-36(35)16-17-40(5)38(37)14-15-39(40)57-21-8-22-60-41(42(45,46)47,43(48,49)50)44(51,52)53/h11,13,27,30-32,36-39,54H,6-10,12,14-26,28-29H2,1-5H3. The molecule has 4 rings (SSSR count). The Morgan fingerprint density at radius 3 is 2.08 bits per heavy atom. The van der Waals surface area contributed by atoms with E-state index < -0.39 is 37.2 Å². The lowest BCUT2D eigenvalue weighted by molar-refractivity contribution is -0.457. The lowest BCUT2D eigenvalue weighted by atomic mass is 9.55. The van der Waals surface area contributed by atoms with Crippen molar-refractivity contribution < 1.29 is 67.9 Å². The summed E-state index contributed by atoms with van der Waals surface area (Å²) in [5.41, 5.74) is -3.91. The van der Waals surface area contributed by atoms with E-state index in [1.165, 1.54) is 11.1 Å². The number of alkyl halides is 9. The monoisotopic (exact) mass is 941 g/mol. The third kappa shape index (κ3) is 14.7. The van der Waals surface area contributed by atoms with Gasteiger partial charge in [0.25, 0.3) is 0 Å².